The zero-order chi connectivity index (χ0) is 21.0. The standard InChI is InChI=1S/C14H20N12S3/c1-25(2)11-19-7(17-9(15)21-11)5-27-13-23-24-14(29-13)28-6-8-18-10(16)22-12(20-8)26(3)4/h5-6H2,1-4H3,(H2,15,17,19,21)(H2,16,18,20,22). The Morgan fingerprint density at radius 2 is 1.10 bits per heavy atom. The smallest absolute Gasteiger partial charge is 0.229 e. The van der Waals surface area contributed by atoms with E-state index in [0.717, 1.165) is 8.68 Å². The van der Waals surface area contributed by atoms with E-state index in [1.165, 1.54) is 34.9 Å². The second kappa shape index (κ2) is 9.32. The van der Waals surface area contributed by atoms with Crippen LogP contribution in [-0.4, -0.2) is 68.3 Å². The van der Waals surface area contributed by atoms with Crippen molar-refractivity contribution in [1.82, 2.24) is 40.1 Å². The van der Waals surface area contributed by atoms with Gasteiger partial charge in [-0.1, -0.05) is 34.9 Å². The fraction of sp³-hybridized carbons (Fsp3) is 0.429. The van der Waals surface area contributed by atoms with Crippen molar-refractivity contribution in [3.63, 3.8) is 0 Å². The molecule has 4 N–H and O–H groups in total. The molecule has 15 heteroatoms. The minimum atomic E-state index is 0.196. The summed E-state index contributed by atoms with van der Waals surface area (Å²) in [4.78, 5) is 28.8. The molecule has 0 aliphatic rings. The lowest BCUT2D eigenvalue weighted by atomic mass is 10.6. The summed E-state index contributed by atoms with van der Waals surface area (Å²) >= 11 is 4.46. The van der Waals surface area contributed by atoms with E-state index in [1.807, 2.05) is 28.2 Å². The van der Waals surface area contributed by atoms with Gasteiger partial charge in [-0.3, -0.25) is 0 Å². The molecule has 3 rings (SSSR count). The van der Waals surface area contributed by atoms with E-state index in [1.54, 1.807) is 9.80 Å². The maximum Gasteiger partial charge on any atom is 0.229 e. The molecular weight excluding hydrogens is 432 g/mol. The van der Waals surface area contributed by atoms with Gasteiger partial charge in [-0.15, -0.1) is 10.2 Å². The average molecular weight is 453 g/mol. The Balaban J connectivity index is 1.59. The number of rotatable bonds is 8. The largest absolute Gasteiger partial charge is 0.368 e. The highest BCUT2D eigenvalue weighted by atomic mass is 32.2. The highest BCUT2D eigenvalue weighted by Crippen LogP contribution is 2.31. The highest BCUT2D eigenvalue weighted by Gasteiger charge is 2.12. The molecule has 3 aromatic heterocycles. The van der Waals surface area contributed by atoms with Gasteiger partial charge in [-0.2, -0.15) is 29.9 Å². The number of aromatic nitrogens is 8. The van der Waals surface area contributed by atoms with Crippen LogP contribution in [0.1, 0.15) is 11.6 Å². The first-order valence-electron chi connectivity index (χ1n) is 8.24. The number of hydrogen-bond donors (Lipinski definition) is 2. The van der Waals surface area contributed by atoms with Gasteiger partial charge in [0.2, 0.25) is 23.8 Å². The third kappa shape index (κ3) is 5.98. The normalized spacial score (nSPS) is 10.9. The summed E-state index contributed by atoms with van der Waals surface area (Å²) < 4.78 is 1.61. The van der Waals surface area contributed by atoms with Gasteiger partial charge in [0.05, 0.1) is 11.5 Å². The number of anilines is 4. The maximum absolute atomic E-state index is 5.75. The molecule has 3 heterocycles. The Labute approximate surface area is 180 Å². The summed E-state index contributed by atoms with van der Waals surface area (Å²) in [7, 11) is 7.40. The van der Waals surface area contributed by atoms with Crippen molar-refractivity contribution in [2.24, 2.45) is 0 Å². The molecular formula is C14H20N12S3. The van der Waals surface area contributed by atoms with Crippen molar-refractivity contribution >= 4 is 58.7 Å². The summed E-state index contributed by atoms with van der Waals surface area (Å²) in [5.41, 5.74) is 11.5. The van der Waals surface area contributed by atoms with E-state index in [9.17, 15) is 0 Å². The maximum atomic E-state index is 5.75. The monoisotopic (exact) mass is 452 g/mol. The van der Waals surface area contributed by atoms with Crippen LogP contribution in [0.25, 0.3) is 0 Å². The lowest BCUT2D eigenvalue weighted by molar-refractivity contribution is 0.913. The van der Waals surface area contributed by atoms with Gasteiger partial charge in [0.25, 0.3) is 0 Å². The average Bonchev–Trinajstić information content (AvgIpc) is 3.12. The fourth-order valence-electron chi connectivity index (χ4n) is 1.95. The summed E-state index contributed by atoms with van der Waals surface area (Å²) in [6, 6.07) is 0. The molecule has 0 saturated heterocycles. The van der Waals surface area contributed by atoms with Crippen LogP contribution >= 0.6 is 34.9 Å². The molecule has 0 amide bonds. The van der Waals surface area contributed by atoms with Gasteiger partial charge >= 0.3 is 0 Å². The molecule has 0 aliphatic heterocycles. The molecule has 0 saturated carbocycles. The van der Waals surface area contributed by atoms with Crippen LogP contribution in [0, 0.1) is 0 Å². The predicted molar refractivity (Wildman–Crippen MR) is 116 cm³/mol. The van der Waals surface area contributed by atoms with Gasteiger partial charge < -0.3 is 21.3 Å². The van der Waals surface area contributed by atoms with Gasteiger partial charge in [0.15, 0.2) is 8.68 Å². The third-order valence-electron chi connectivity index (χ3n) is 3.21. The first kappa shape index (κ1) is 21.2. The minimum Gasteiger partial charge on any atom is -0.368 e. The Hall–Kier alpha value is -2.52. The molecule has 154 valence electrons. The summed E-state index contributed by atoms with van der Waals surface area (Å²) in [6.45, 7) is 0. The lowest BCUT2D eigenvalue weighted by Crippen LogP contribution is -2.15. The summed E-state index contributed by atoms with van der Waals surface area (Å²) in [5, 5.41) is 8.40. The van der Waals surface area contributed by atoms with Gasteiger partial charge in [-0.25, -0.2) is 0 Å². The fourth-order valence-corrected chi connectivity index (χ4v) is 4.68. The zero-order valence-corrected chi connectivity index (χ0v) is 18.7. The van der Waals surface area contributed by atoms with Crippen LogP contribution in [0.5, 0.6) is 0 Å². The molecule has 0 aromatic carbocycles. The highest BCUT2D eigenvalue weighted by molar-refractivity contribution is 8.02. The first-order chi connectivity index (χ1) is 13.8. The van der Waals surface area contributed by atoms with Crippen molar-refractivity contribution in [1.29, 1.82) is 0 Å². The molecule has 29 heavy (non-hydrogen) atoms. The second-order valence-corrected chi connectivity index (χ2v) is 9.44. The van der Waals surface area contributed by atoms with E-state index in [2.05, 4.69) is 40.1 Å². The number of nitrogen functional groups attached to an aromatic ring is 2. The second-order valence-electron chi connectivity index (χ2n) is 6.02. The van der Waals surface area contributed by atoms with Crippen LogP contribution in [0.4, 0.5) is 23.8 Å². The van der Waals surface area contributed by atoms with Crippen LogP contribution in [0.15, 0.2) is 8.68 Å². The molecule has 12 nitrogen and oxygen atoms in total. The van der Waals surface area contributed by atoms with Crippen molar-refractivity contribution < 1.29 is 0 Å². The first-order valence-corrected chi connectivity index (χ1v) is 11.0. The Morgan fingerprint density at radius 3 is 1.48 bits per heavy atom. The van der Waals surface area contributed by atoms with E-state index in [-0.39, 0.29) is 11.9 Å². The molecule has 0 fully saturated rings. The quantitative estimate of drug-likeness (QED) is 0.461. The van der Waals surface area contributed by atoms with E-state index in [4.69, 9.17) is 11.5 Å². The van der Waals surface area contributed by atoms with Crippen molar-refractivity contribution in [2.45, 2.75) is 20.2 Å². The molecule has 3 aromatic rings. The SMILES string of the molecule is CN(C)c1nc(N)nc(CSc2nnc(SCc3nc(N)nc(N(C)C)n3)s2)n1. The molecule has 0 spiro atoms. The Kier molecular flexibility index (Phi) is 6.81. The van der Waals surface area contributed by atoms with Gasteiger partial charge in [0, 0.05) is 28.2 Å². The van der Waals surface area contributed by atoms with Crippen molar-refractivity contribution in [2.75, 3.05) is 49.5 Å². The molecule has 0 bridgehead atoms. The molecule has 0 atom stereocenters. The molecule has 0 radical (unpaired) electrons. The number of hydrogen-bond acceptors (Lipinski definition) is 15. The molecule has 0 unspecified atom stereocenters. The topological polar surface area (TPSA) is 162 Å². The van der Waals surface area contributed by atoms with E-state index in [0.29, 0.717) is 35.1 Å². The predicted octanol–water partition coefficient (Wildman–Crippen LogP) is 0.789. The van der Waals surface area contributed by atoms with Crippen LogP contribution in [0.3, 0.4) is 0 Å². The van der Waals surface area contributed by atoms with Gasteiger partial charge in [0.1, 0.15) is 11.6 Å². The summed E-state index contributed by atoms with van der Waals surface area (Å²) in [6.07, 6.45) is 0. The number of nitrogens with zero attached hydrogens (tertiary/aromatic N) is 10. The third-order valence-corrected chi connectivity index (χ3v) is 6.39. The number of thioether (sulfide) groups is 2. The zero-order valence-electron chi connectivity index (χ0n) is 16.3. The summed E-state index contributed by atoms with van der Waals surface area (Å²) in [5.74, 6) is 3.65. The lowest BCUT2D eigenvalue weighted by Gasteiger charge is -2.10. The van der Waals surface area contributed by atoms with E-state index >= 15 is 0 Å². The van der Waals surface area contributed by atoms with Crippen LogP contribution in [-0.2, 0) is 11.5 Å². The van der Waals surface area contributed by atoms with E-state index < -0.39 is 0 Å². The van der Waals surface area contributed by atoms with Crippen LogP contribution < -0.4 is 21.3 Å². The van der Waals surface area contributed by atoms with Crippen molar-refractivity contribution in [3.05, 3.63) is 11.6 Å². The molecule has 0 aliphatic carbocycles. The Morgan fingerprint density at radius 1 is 0.690 bits per heavy atom. The van der Waals surface area contributed by atoms with Crippen LogP contribution in [0.2, 0.25) is 0 Å². The number of nitrogens with two attached hydrogens (primary N) is 2. The van der Waals surface area contributed by atoms with Gasteiger partial charge in [-0.05, 0) is 0 Å². The Bertz CT molecular complexity index is 900. The van der Waals surface area contributed by atoms with Crippen molar-refractivity contribution in [3.8, 4) is 0 Å². The minimum absolute atomic E-state index is 0.196.